The topological polar surface area (TPSA) is 79.3 Å². The fourth-order valence-electron chi connectivity index (χ4n) is 1.81. The standard InChI is InChI=1S/C14H15FN2O3S/c15-13-4-3-12(10-18)8-14(13)21(19,20)17-7-5-11-2-1-6-16-9-11/h1-4,6,8-9,17-18H,5,7,10H2. The zero-order chi connectivity index (χ0) is 15.3. The molecule has 0 unspecified atom stereocenters. The number of benzene rings is 1. The Morgan fingerprint density at radius 2 is 2.05 bits per heavy atom. The number of aliphatic hydroxyl groups is 1. The van der Waals surface area contributed by atoms with E-state index in [-0.39, 0.29) is 13.2 Å². The Hall–Kier alpha value is -1.83. The molecule has 0 saturated carbocycles. The van der Waals surface area contributed by atoms with Crippen LogP contribution >= 0.6 is 0 Å². The SMILES string of the molecule is O=S(=O)(NCCc1cccnc1)c1cc(CO)ccc1F. The van der Waals surface area contributed by atoms with Crippen LogP contribution in [-0.4, -0.2) is 25.1 Å². The molecule has 0 amide bonds. The van der Waals surface area contributed by atoms with E-state index in [2.05, 4.69) is 9.71 Å². The molecule has 1 aromatic carbocycles. The van der Waals surface area contributed by atoms with Crippen molar-refractivity contribution >= 4 is 10.0 Å². The third-order valence-electron chi connectivity index (χ3n) is 2.90. The molecule has 1 aromatic heterocycles. The Bertz CT molecular complexity index is 705. The van der Waals surface area contributed by atoms with E-state index in [1.807, 2.05) is 6.07 Å². The molecule has 1 heterocycles. The predicted octanol–water partition coefficient (Wildman–Crippen LogP) is 1.23. The van der Waals surface area contributed by atoms with Gasteiger partial charge in [-0.2, -0.15) is 0 Å². The first kappa shape index (κ1) is 15.6. The zero-order valence-electron chi connectivity index (χ0n) is 11.2. The van der Waals surface area contributed by atoms with Crippen molar-refractivity contribution in [3.05, 3.63) is 59.7 Å². The second kappa shape index (κ2) is 6.75. The maximum Gasteiger partial charge on any atom is 0.243 e. The van der Waals surface area contributed by atoms with Crippen LogP contribution in [0.5, 0.6) is 0 Å². The number of hydrogen-bond acceptors (Lipinski definition) is 4. The van der Waals surface area contributed by atoms with Gasteiger partial charge in [0.2, 0.25) is 10.0 Å². The molecule has 0 radical (unpaired) electrons. The molecule has 2 rings (SSSR count). The van der Waals surface area contributed by atoms with Crippen LogP contribution in [0.25, 0.3) is 0 Å². The van der Waals surface area contributed by atoms with Gasteiger partial charge in [-0.25, -0.2) is 17.5 Å². The summed E-state index contributed by atoms with van der Waals surface area (Å²) in [7, 11) is -3.95. The fourth-order valence-corrected chi connectivity index (χ4v) is 2.96. The first-order chi connectivity index (χ1) is 10.0. The molecule has 0 aliphatic heterocycles. The van der Waals surface area contributed by atoms with Crippen LogP contribution in [-0.2, 0) is 23.1 Å². The van der Waals surface area contributed by atoms with Gasteiger partial charge in [-0.15, -0.1) is 0 Å². The molecule has 0 saturated heterocycles. The van der Waals surface area contributed by atoms with Crippen molar-refractivity contribution in [2.45, 2.75) is 17.9 Å². The highest BCUT2D eigenvalue weighted by molar-refractivity contribution is 7.89. The number of sulfonamides is 1. The van der Waals surface area contributed by atoms with Gasteiger partial charge in [0.1, 0.15) is 10.7 Å². The highest BCUT2D eigenvalue weighted by atomic mass is 32.2. The zero-order valence-corrected chi connectivity index (χ0v) is 12.0. The van der Waals surface area contributed by atoms with Gasteiger partial charge in [-0.1, -0.05) is 12.1 Å². The first-order valence-corrected chi connectivity index (χ1v) is 7.79. The van der Waals surface area contributed by atoms with Gasteiger partial charge in [-0.3, -0.25) is 4.98 Å². The van der Waals surface area contributed by atoms with Crippen LogP contribution in [0.3, 0.4) is 0 Å². The average molecular weight is 310 g/mol. The molecule has 0 atom stereocenters. The van der Waals surface area contributed by atoms with Crippen molar-refractivity contribution < 1.29 is 17.9 Å². The van der Waals surface area contributed by atoms with Crippen LogP contribution in [0.1, 0.15) is 11.1 Å². The molecular formula is C14H15FN2O3S. The van der Waals surface area contributed by atoms with Gasteiger partial charge in [0, 0.05) is 18.9 Å². The Morgan fingerprint density at radius 1 is 1.24 bits per heavy atom. The van der Waals surface area contributed by atoms with Gasteiger partial charge in [0.25, 0.3) is 0 Å². The number of aliphatic hydroxyl groups excluding tert-OH is 1. The molecule has 0 aliphatic rings. The van der Waals surface area contributed by atoms with E-state index in [9.17, 15) is 12.8 Å². The van der Waals surface area contributed by atoms with E-state index in [4.69, 9.17) is 5.11 Å². The monoisotopic (exact) mass is 310 g/mol. The number of pyridine rings is 1. The summed E-state index contributed by atoms with van der Waals surface area (Å²) in [5, 5.41) is 9.00. The van der Waals surface area contributed by atoms with E-state index in [0.717, 1.165) is 17.7 Å². The molecule has 0 spiro atoms. The van der Waals surface area contributed by atoms with Crippen molar-refractivity contribution in [2.75, 3.05) is 6.54 Å². The molecule has 112 valence electrons. The van der Waals surface area contributed by atoms with Gasteiger partial charge in [-0.05, 0) is 35.7 Å². The van der Waals surface area contributed by atoms with Gasteiger partial charge in [0.05, 0.1) is 6.61 Å². The molecule has 5 nitrogen and oxygen atoms in total. The Kier molecular flexibility index (Phi) is 5.00. The Labute approximate surface area is 122 Å². The normalized spacial score (nSPS) is 11.5. The number of nitrogens with zero attached hydrogens (tertiary/aromatic N) is 1. The Balaban J connectivity index is 2.08. The summed E-state index contributed by atoms with van der Waals surface area (Å²) in [6, 6.07) is 7.08. The summed E-state index contributed by atoms with van der Waals surface area (Å²) in [6.07, 6.45) is 3.72. The third-order valence-corrected chi connectivity index (χ3v) is 4.37. The quantitative estimate of drug-likeness (QED) is 0.841. The summed E-state index contributed by atoms with van der Waals surface area (Å²) in [4.78, 5) is 3.47. The van der Waals surface area contributed by atoms with Gasteiger partial charge < -0.3 is 5.11 Å². The van der Waals surface area contributed by atoms with E-state index in [1.165, 1.54) is 6.07 Å². The maximum absolute atomic E-state index is 13.6. The van der Waals surface area contributed by atoms with E-state index in [0.29, 0.717) is 12.0 Å². The summed E-state index contributed by atoms with van der Waals surface area (Å²) in [5.41, 5.74) is 1.22. The summed E-state index contributed by atoms with van der Waals surface area (Å²) >= 11 is 0. The predicted molar refractivity (Wildman–Crippen MR) is 75.5 cm³/mol. The van der Waals surface area contributed by atoms with Gasteiger partial charge in [0.15, 0.2) is 0 Å². The van der Waals surface area contributed by atoms with E-state index < -0.39 is 20.7 Å². The molecule has 7 heteroatoms. The largest absolute Gasteiger partial charge is 0.392 e. The minimum Gasteiger partial charge on any atom is -0.392 e. The summed E-state index contributed by atoms with van der Waals surface area (Å²) in [5.74, 6) is -0.846. The summed E-state index contributed by atoms with van der Waals surface area (Å²) in [6.45, 7) is -0.213. The van der Waals surface area contributed by atoms with Crippen LogP contribution in [0.2, 0.25) is 0 Å². The second-order valence-corrected chi connectivity index (χ2v) is 6.17. The third kappa shape index (κ3) is 4.07. The minimum atomic E-state index is -3.95. The lowest BCUT2D eigenvalue weighted by atomic mass is 10.2. The lowest BCUT2D eigenvalue weighted by molar-refractivity contribution is 0.281. The average Bonchev–Trinajstić information content (AvgIpc) is 2.48. The second-order valence-electron chi connectivity index (χ2n) is 4.43. The first-order valence-electron chi connectivity index (χ1n) is 6.31. The molecule has 21 heavy (non-hydrogen) atoms. The van der Waals surface area contributed by atoms with E-state index >= 15 is 0 Å². The molecule has 2 N–H and O–H groups in total. The number of hydrogen-bond donors (Lipinski definition) is 2. The van der Waals surface area contributed by atoms with Crippen molar-refractivity contribution in [2.24, 2.45) is 0 Å². The number of halogens is 1. The van der Waals surface area contributed by atoms with Crippen molar-refractivity contribution in [1.82, 2.24) is 9.71 Å². The van der Waals surface area contributed by atoms with Crippen LogP contribution in [0, 0.1) is 5.82 Å². The lowest BCUT2D eigenvalue weighted by Crippen LogP contribution is -2.27. The highest BCUT2D eigenvalue weighted by Crippen LogP contribution is 2.16. The molecule has 2 aromatic rings. The molecule has 0 aliphatic carbocycles. The maximum atomic E-state index is 13.6. The number of aromatic nitrogens is 1. The number of rotatable bonds is 6. The Morgan fingerprint density at radius 3 is 2.71 bits per heavy atom. The van der Waals surface area contributed by atoms with Crippen molar-refractivity contribution in [1.29, 1.82) is 0 Å². The lowest BCUT2D eigenvalue weighted by Gasteiger charge is -2.09. The molecular weight excluding hydrogens is 295 g/mol. The smallest absolute Gasteiger partial charge is 0.243 e. The fraction of sp³-hybridized carbons (Fsp3) is 0.214. The van der Waals surface area contributed by atoms with Crippen LogP contribution < -0.4 is 4.72 Å². The highest BCUT2D eigenvalue weighted by Gasteiger charge is 2.19. The molecule has 0 fully saturated rings. The minimum absolute atomic E-state index is 0.136. The van der Waals surface area contributed by atoms with Crippen LogP contribution in [0.15, 0.2) is 47.6 Å². The molecule has 0 bridgehead atoms. The number of nitrogens with one attached hydrogen (secondary N) is 1. The summed E-state index contributed by atoms with van der Waals surface area (Å²) < 4.78 is 40.1. The van der Waals surface area contributed by atoms with Crippen molar-refractivity contribution in [3.63, 3.8) is 0 Å². The van der Waals surface area contributed by atoms with Crippen molar-refractivity contribution in [3.8, 4) is 0 Å². The van der Waals surface area contributed by atoms with Gasteiger partial charge >= 0.3 is 0 Å². The van der Waals surface area contributed by atoms with Crippen LogP contribution in [0.4, 0.5) is 4.39 Å². The van der Waals surface area contributed by atoms with E-state index in [1.54, 1.807) is 18.5 Å².